The Morgan fingerprint density at radius 2 is 2.37 bits per heavy atom. The normalized spacial score (nSPS) is 10.2. The molecule has 0 atom stereocenters. The summed E-state index contributed by atoms with van der Waals surface area (Å²) in [6.07, 6.45) is 1.58. The van der Waals surface area contributed by atoms with Crippen LogP contribution in [0.15, 0.2) is 5.51 Å². The molecule has 6 heteroatoms. The minimum absolute atomic E-state index is 0.0178. The molecule has 0 fully saturated rings. The Labute approximate surface area is 117 Å². The molecule has 0 unspecified atom stereocenters. The lowest BCUT2D eigenvalue weighted by atomic mass is 10.3. The molecule has 1 amide bonds. The molecule has 0 saturated heterocycles. The number of carbonyl (C=O) groups excluding carboxylic acids is 1. The zero-order chi connectivity index (χ0) is 14.1. The molecular formula is C13H19N3O2S. The van der Waals surface area contributed by atoms with Gasteiger partial charge in [0.25, 0.3) is 0 Å². The summed E-state index contributed by atoms with van der Waals surface area (Å²) in [6.45, 7) is 3.50. The van der Waals surface area contributed by atoms with Crippen LogP contribution in [0.2, 0.25) is 0 Å². The number of nitrogens with zero attached hydrogens (tertiary/aromatic N) is 3. The van der Waals surface area contributed by atoms with E-state index < -0.39 is 0 Å². The summed E-state index contributed by atoms with van der Waals surface area (Å²) < 4.78 is 5.45. The molecule has 0 radical (unpaired) electrons. The van der Waals surface area contributed by atoms with Crippen molar-refractivity contribution in [2.24, 2.45) is 0 Å². The van der Waals surface area contributed by atoms with Crippen LogP contribution in [0.3, 0.4) is 0 Å². The molecule has 0 aliphatic heterocycles. The largest absolute Gasteiger partial charge is 0.381 e. The predicted octanol–water partition coefficient (Wildman–Crippen LogP) is 1.77. The molecule has 1 rings (SSSR count). The number of hydrogen-bond acceptors (Lipinski definition) is 5. The van der Waals surface area contributed by atoms with Gasteiger partial charge < -0.3 is 9.64 Å². The summed E-state index contributed by atoms with van der Waals surface area (Å²) in [5.41, 5.74) is 2.89. The molecule has 19 heavy (non-hydrogen) atoms. The van der Waals surface area contributed by atoms with Gasteiger partial charge in [-0.2, -0.15) is 5.26 Å². The summed E-state index contributed by atoms with van der Waals surface area (Å²) in [4.78, 5) is 18.6. The summed E-state index contributed by atoms with van der Waals surface area (Å²) in [5.74, 6) is 0.0178. The summed E-state index contributed by atoms with van der Waals surface area (Å²) in [6, 6.07) is 2.02. The lowest BCUT2D eigenvalue weighted by Gasteiger charge is -2.15. The molecule has 1 aromatic rings. The second-order valence-corrected chi connectivity index (χ2v) is 5.14. The Morgan fingerprint density at radius 3 is 3.00 bits per heavy atom. The molecule has 104 valence electrons. The first kappa shape index (κ1) is 15.6. The number of aromatic nitrogens is 1. The van der Waals surface area contributed by atoms with Crippen molar-refractivity contribution in [1.29, 1.82) is 5.26 Å². The van der Waals surface area contributed by atoms with Gasteiger partial charge in [0.1, 0.15) is 0 Å². The van der Waals surface area contributed by atoms with Crippen LogP contribution in [-0.4, -0.2) is 42.6 Å². The first-order valence-corrected chi connectivity index (χ1v) is 7.10. The van der Waals surface area contributed by atoms with E-state index in [4.69, 9.17) is 10.00 Å². The molecule has 1 aromatic heterocycles. The van der Waals surface area contributed by atoms with Crippen molar-refractivity contribution in [1.82, 2.24) is 9.88 Å². The van der Waals surface area contributed by atoms with Crippen LogP contribution < -0.4 is 0 Å². The Morgan fingerprint density at radius 1 is 1.58 bits per heavy atom. The van der Waals surface area contributed by atoms with E-state index in [1.807, 2.05) is 18.5 Å². The lowest BCUT2D eigenvalue weighted by Crippen LogP contribution is -2.28. The fourth-order valence-electron chi connectivity index (χ4n) is 1.53. The van der Waals surface area contributed by atoms with Crippen molar-refractivity contribution < 1.29 is 9.53 Å². The number of hydrogen-bond donors (Lipinski definition) is 0. The summed E-state index contributed by atoms with van der Waals surface area (Å²) in [7, 11) is 1.71. The zero-order valence-corrected chi connectivity index (χ0v) is 12.2. The predicted molar refractivity (Wildman–Crippen MR) is 73.9 cm³/mol. The van der Waals surface area contributed by atoms with E-state index in [1.165, 1.54) is 4.88 Å². The molecule has 0 N–H and O–H groups in total. The molecule has 0 aromatic carbocycles. The van der Waals surface area contributed by atoms with Gasteiger partial charge in [0.2, 0.25) is 5.91 Å². The van der Waals surface area contributed by atoms with E-state index in [-0.39, 0.29) is 5.91 Å². The number of carbonyl (C=O) groups is 1. The smallest absolute Gasteiger partial charge is 0.224 e. The average molecular weight is 281 g/mol. The van der Waals surface area contributed by atoms with E-state index >= 15 is 0 Å². The zero-order valence-electron chi connectivity index (χ0n) is 11.4. The van der Waals surface area contributed by atoms with Crippen LogP contribution in [0, 0.1) is 18.3 Å². The van der Waals surface area contributed by atoms with Crippen LogP contribution in [0.4, 0.5) is 0 Å². The highest BCUT2D eigenvalue weighted by atomic mass is 32.1. The van der Waals surface area contributed by atoms with Gasteiger partial charge in [-0.05, 0) is 6.92 Å². The topological polar surface area (TPSA) is 66.2 Å². The van der Waals surface area contributed by atoms with Gasteiger partial charge in [0.15, 0.2) is 0 Å². The third kappa shape index (κ3) is 5.81. The minimum Gasteiger partial charge on any atom is -0.381 e. The van der Waals surface area contributed by atoms with Crippen LogP contribution in [-0.2, 0) is 16.0 Å². The molecule has 0 aliphatic carbocycles. The second-order valence-electron chi connectivity index (χ2n) is 4.20. The Hall–Kier alpha value is -1.45. The maximum atomic E-state index is 11.6. The van der Waals surface area contributed by atoms with E-state index in [0.29, 0.717) is 32.6 Å². The van der Waals surface area contributed by atoms with Crippen molar-refractivity contribution >= 4 is 17.2 Å². The quantitative estimate of drug-likeness (QED) is 0.681. The van der Waals surface area contributed by atoms with Crippen LogP contribution in [0.25, 0.3) is 0 Å². The van der Waals surface area contributed by atoms with Crippen molar-refractivity contribution in [3.63, 3.8) is 0 Å². The van der Waals surface area contributed by atoms with Gasteiger partial charge >= 0.3 is 0 Å². The molecule has 1 heterocycles. The molecule has 0 spiro atoms. The van der Waals surface area contributed by atoms with Gasteiger partial charge in [0, 0.05) is 24.9 Å². The van der Waals surface area contributed by atoms with E-state index in [2.05, 4.69) is 4.98 Å². The van der Waals surface area contributed by atoms with Gasteiger partial charge in [-0.3, -0.25) is 4.79 Å². The van der Waals surface area contributed by atoms with Crippen LogP contribution in [0.1, 0.15) is 23.4 Å². The molecule has 5 nitrogen and oxygen atoms in total. The van der Waals surface area contributed by atoms with Gasteiger partial charge in [-0.1, -0.05) is 0 Å². The number of amides is 1. The number of aryl methyl sites for hydroxylation is 1. The Bertz CT molecular complexity index is 439. The maximum absolute atomic E-state index is 11.6. The van der Waals surface area contributed by atoms with E-state index in [0.717, 1.165) is 12.1 Å². The molecule has 0 bridgehead atoms. The van der Waals surface area contributed by atoms with E-state index in [9.17, 15) is 4.79 Å². The number of rotatable bonds is 8. The molecule has 0 saturated carbocycles. The van der Waals surface area contributed by atoms with Gasteiger partial charge in [-0.15, -0.1) is 11.3 Å². The monoisotopic (exact) mass is 281 g/mol. The number of thiazole rings is 1. The van der Waals surface area contributed by atoms with Gasteiger partial charge in [0.05, 0.1) is 43.3 Å². The number of nitriles is 1. The fourth-order valence-corrected chi connectivity index (χ4v) is 2.29. The number of ether oxygens (including phenoxy) is 1. The van der Waals surface area contributed by atoms with Crippen LogP contribution >= 0.6 is 11.3 Å². The molecule has 0 aliphatic rings. The third-order valence-corrected chi connectivity index (χ3v) is 3.76. The first-order valence-electron chi connectivity index (χ1n) is 6.22. The third-order valence-electron chi connectivity index (χ3n) is 2.76. The summed E-state index contributed by atoms with van der Waals surface area (Å²) in [5, 5.41) is 8.44. The minimum atomic E-state index is 0.0178. The van der Waals surface area contributed by atoms with Gasteiger partial charge in [-0.25, -0.2) is 4.98 Å². The van der Waals surface area contributed by atoms with E-state index in [1.54, 1.807) is 23.3 Å². The maximum Gasteiger partial charge on any atom is 0.224 e. The highest BCUT2D eigenvalue weighted by Crippen LogP contribution is 2.12. The fraction of sp³-hybridized carbons (Fsp3) is 0.615. The highest BCUT2D eigenvalue weighted by molar-refractivity contribution is 7.09. The SMILES string of the molecule is Cc1ncsc1CCOCCC(=O)N(C)CCC#N. The second kappa shape index (κ2) is 8.62. The summed E-state index contributed by atoms with van der Waals surface area (Å²) >= 11 is 1.63. The Kier molecular flexibility index (Phi) is 7.08. The van der Waals surface area contributed by atoms with Crippen LogP contribution in [0.5, 0.6) is 0 Å². The van der Waals surface area contributed by atoms with Crippen molar-refractivity contribution in [3.8, 4) is 6.07 Å². The van der Waals surface area contributed by atoms with Crippen molar-refractivity contribution in [3.05, 3.63) is 16.1 Å². The van der Waals surface area contributed by atoms with Crippen molar-refractivity contribution in [2.45, 2.75) is 26.2 Å². The Balaban J connectivity index is 2.09. The standard InChI is InChI=1S/C13H19N3O2S/c1-11-12(19-10-15-11)4-8-18-9-5-13(17)16(2)7-3-6-14/h10H,3-5,7-9H2,1-2H3. The lowest BCUT2D eigenvalue weighted by molar-refractivity contribution is -0.130. The molecular weight excluding hydrogens is 262 g/mol. The highest BCUT2D eigenvalue weighted by Gasteiger charge is 2.08. The van der Waals surface area contributed by atoms with Crippen molar-refractivity contribution in [2.75, 3.05) is 26.8 Å². The first-order chi connectivity index (χ1) is 9.15. The average Bonchev–Trinajstić information content (AvgIpc) is 2.81.